The van der Waals surface area contributed by atoms with Crippen LogP contribution in [-0.4, -0.2) is 50.8 Å². The zero-order valence-electron chi connectivity index (χ0n) is 18.9. The number of esters is 1. The topological polar surface area (TPSA) is 106 Å². The average Bonchev–Trinajstić information content (AvgIpc) is 3.22. The van der Waals surface area contributed by atoms with Crippen molar-refractivity contribution >= 4 is 21.9 Å². The van der Waals surface area contributed by atoms with Crippen LogP contribution in [0.2, 0.25) is 0 Å². The van der Waals surface area contributed by atoms with E-state index in [2.05, 4.69) is 10.1 Å². The lowest BCUT2D eigenvalue weighted by Crippen LogP contribution is -2.49. The summed E-state index contributed by atoms with van der Waals surface area (Å²) in [5.41, 5.74) is 0. The summed E-state index contributed by atoms with van der Waals surface area (Å²) in [6, 6.07) is 2.23. The van der Waals surface area contributed by atoms with Crippen molar-refractivity contribution in [3.63, 3.8) is 0 Å². The molecule has 179 valence electrons. The molecule has 1 aliphatic heterocycles. The third kappa shape index (κ3) is 6.81. The molecule has 5 radical (unpaired) electrons. The van der Waals surface area contributed by atoms with Crippen LogP contribution in [0, 0.1) is 20.8 Å². The van der Waals surface area contributed by atoms with E-state index in [1.54, 1.807) is 0 Å². The zero-order valence-corrected chi connectivity index (χ0v) is 19.8. The number of rotatable bonds is 6. The molecule has 1 atom stereocenters. The van der Waals surface area contributed by atoms with E-state index in [0.29, 0.717) is 13.0 Å². The lowest BCUT2D eigenvalue weighted by Gasteiger charge is -2.34. The molecule has 0 spiro atoms. The zero-order chi connectivity index (χ0) is 21.6. The van der Waals surface area contributed by atoms with Crippen molar-refractivity contribution in [2.75, 3.05) is 20.2 Å². The highest BCUT2D eigenvalue weighted by Gasteiger charge is 2.36. The smallest absolute Gasteiger partial charge is 0.374 e. The molecular formula is C23H35N2O6S. The van der Waals surface area contributed by atoms with Gasteiger partial charge >= 0.3 is 5.97 Å². The summed E-state index contributed by atoms with van der Waals surface area (Å²) in [5.74, 6) is -0.00628. The number of ether oxygens (including phenoxy) is 1. The van der Waals surface area contributed by atoms with Crippen LogP contribution in [0.25, 0.3) is 0 Å². The van der Waals surface area contributed by atoms with Crippen LogP contribution in [0.5, 0.6) is 0 Å². The first-order chi connectivity index (χ1) is 14.4. The third-order valence-corrected chi connectivity index (χ3v) is 7.71. The van der Waals surface area contributed by atoms with E-state index >= 15 is 0 Å². The van der Waals surface area contributed by atoms with Gasteiger partial charge in [-0.2, -0.15) is 4.31 Å². The first-order valence-electron chi connectivity index (χ1n) is 10.8. The number of piperidine rings is 1. The molecule has 1 amide bonds. The van der Waals surface area contributed by atoms with Crippen molar-refractivity contribution in [2.24, 2.45) is 0 Å². The molecule has 32 heavy (non-hydrogen) atoms. The second-order valence-electron chi connectivity index (χ2n) is 7.96. The van der Waals surface area contributed by atoms with Crippen LogP contribution >= 0.6 is 0 Å². The lowest BCUT2D eigenvalue weighted by atomic mass is 9.90. The molecule has 9 heteroatoms. The van der Waals surface area contributed by atoms with E-state index in [9.17, 15) is 18.0 Å². The number of carbonyl (C=O) groups is 2. The number of sulfonamides is 1. The van der Waals surface area contributed by atoms with Crippen molar-refractivity contribution in [3.05, 3.63) is 38.7 Å². The molecular weight excluding hydrogens is 432 g/mol. The highest BCUT2D eigenvalue weighted by Crippen LogP contribution is 2.27. The first kappa shape index (κ1) is 28.2. The Bertz CT molecular complexity index is 827. The molecule has 0 bridgehead atoms. The Morgan fingerprint density at radius 2 is 1.72 bits per heavy atom. The van der Waals surface area contributed by atoms with Gasteiger partial charge in [0, 0.05) is 19.1 Å². The van der Waals surface area contributed by atoms with E-state index in [0.717, 1.165) is 57.3 Å². The van der Waals surface area contributed by atoms with E-state index in [4.69, 9.17) is 4.42 Å². The molecule has 1 N–H and O–H groups in total. The largest absolute Gasteiger partial charge is 0.463 e. The molecule has 8 nitrogen and oxygen atoms in total. The van der Waals surface area contributed by atoms with E-state index in [1.807, 2.05) is 0 Å². The number of nitrogens with one attached hydrogen (secondary N) is 1. The molecule has 0 aromatic carbocycles. The fourth-order valence-corrected chi connectivity index (χ4v) is 5.78. The lowest BCUT2D eigenvalue weighted by molar-refractivity contribution is -0.120. The molecule has 2 heterocycles. The minimum absolute atomic E-state index is 0. The van der Waals surface area contributed by atoms with Crippen molar-refractivity contribution in [1.82, 2.24) is 9.62 Å². The number of hydrogen-bond acceptors (Lipinski definition) is 6. The Balaban J connectivity index is 0.00000256. The number of amides is 1. The van der Waals surface area contributed by atoms with E-state index in [-0.39, 0.29) is 44.2 Å². The van der Waals surface area contributed by atoms with Gasteiger partial charge in [-0.05, 0) is 37.8 Å². The summed E-state index contributed by atoms with van der Waals surface area (Å²) in [4.78, 5) is 24.3. The molecule has 1 aromatic heterocycles. The number of nitrogens with zero attached hydrogens (tertiary/aromatic N) is 1. The summed E-state index contributed by atoms with van der Waals surface area (Å²) in [6.07, 6.45) is 9.56. The molecule has 3 rings (SSSR count). The quantitative estimate of drug-likeness (QED) is 0.640. The molecule has 2 aliphatic rings. The molecule has 1 unspecified atom stereocenters. The van der Waals surface area contributed by atoms with Gasteiger partial charge in [0.15, 0.2) is 0 Å². The maximum Gasteiger partial charge on any atom is 0.374 e. The number of hydrogen-bond donors (Lipinski definition) is 1. The van der Waals surface area contributed by atoms with Crippen LogP contribution in [-0.2, 0) is 19.6 Å². The van der Waals surface area contributed by atoms with Crippen LogP contribution in [0.1, 0.15) is 74.8 Å². The van der Waals surface area contributed by atoms with Crippen LogP contribution in [0.15, 0.2) is 21.6 Å². The van der Waals surface area contributed by atoms with Crippen molar-refractivity contribution in [3.8, 4) is 0 Å². The first-order valence-corrected chi connectivity index (χ1v) is 12.2. The fraction of sp³-hybridized carbons (Fsp3) is 0.609. The molecule has 1 aromatic rings. The molecule has 1 aliphatic carbocycles. The Morgan fingerprint density at radius 3 is 2.38 bits per heavy atom. The SMILES string of the molecule is COC(=O)c1ccc(S(=O)(=O)N2CCCCC2CNC(=O)[C]2CCCCCCC2)o1.[CH2].[CH2]. The molecule has 1 saturated carbocycles. The van der Waals surface area contributed by atoms with Gasteiger partial charge in [0.25, 0.3) is 10.0 Å². The predicted octanol–water partition coefficient (Wildman–Crippen LogP) is 3.70. The summed E-state index contributed by atoms with van der Waals surface area (Å²) < 4.78 is 37.4. The highest BCUT2D eigenvalue weighted by molar-refractivity contribution is 7.89. The third-order valence-electron chi connectivity index (χ3n) is 5.88. The normalized spacial score (nSPS) is 20.7. The monoisotopic (exact) mass is 467 g/mol. The summed E-state index contributed by atoms with van der Waals surface area (Å²) in [6.45, 7) is 0.625. The summed E-state index contributed by atoms with van der Waals surface area (Å²) >= 11 is 0. The van der Waals surface area contributed by atoms with Crippen molar-refractivity contribution in [2.45, 2.75) is 75.3 Å². The second kappa shape index (κ2) is 13.0. The Hall–Kier alpha value is -1.87. The Morgan fingerprint density at radius 1 is 1.06 bits per heavy atom. The van der Waals surface area contributed by atoms with Gasteiger partial charge in [-0.25, -0.2) is 13.2 Å². The van der Waals surface area contributed by atoms with Crippen LogP contribution < -0.4 is 5.32 Å². The maximum absolute atomic E-state index is 13.1. The van der Waals surface area contributed by atoms with Gasteiger partial charge < -0.3 is 14.5 Å². The van der Waals surface area contributed by atoms with Gasteiger partial charge in [-0.15, -0.1) is 0 Å². The number of methoxy groups -OCH3 is 1. The Labute approximate surface area is 193 Å². The fourth-order valence-electron chi connectivity index (χ4n) is 4.17. The van der Waals surface area contributed by atoms with Gasteiger partial charge in [0.05, 0.1) is 13.0 Å². The van der Waals surface area contributed by atoms with Gasteiger partial charge in [0.2, 0.25) is 16.8 Å². The molecule has 1 saturated heterocycles. The summed E-state index contributed by atoms with van der Waals surface area (Å²) in [5, 5.41) is 2.69. The highest BCUT2D eigenvalue weighted by atomic mass is 32.2. The van der Waals surface area contributed by atoms with Gasteiger partial charge in [0.1, 0.15) is 0 Å². The Kier molecular flexibility index (Phi) is 11.4. The number of carbonyl (C=O) groups excluding carboxylic acids is 2. The summed E-state index contributed by atoms with van der Waals surface area (Å²) in [7, 11) is -2.71. The number of furan rings is 1. The minimum atomic E-state index is -3.91. The van der Waals surface area contributed by atoms with Crippen LogP contribution in [0.4, 0.5) is 0 Å². The van der Waals surface area contributed by atoms with Gasteiger partial charge in [-0.1, -0.05) is 53.4 Å². The van der Waals surface area contributed by atoms with Gasteiger partial charge in [-0.3, -0.25) is 4.79 Å². The van der Waals surface area contributed by atoms with Crippen molar-refractivity contribution in [1.29, 1.82) is 0 Å². The maximum atomic E-state index is 13.1. The predicted molar refractivity (Wildman–Crippen MR) is 121 cm³/mol. The van der Waals surface area contributed by atoms with Crippen molar-refractivity contribution < 1.29 is 27.2 Å². The molecule has 2 fully saturated rings. The van der Waals surface area contributed by atoms with E-state index < -0.39 is 16.0 Å². The van der Waals surface area contributed by atoms with Crippen LogP contribution in [0.3, 0.4) is 0 Å². The standard InChI is InChI=1S/C21H31N2O6S.2CH2/c1-28-21(25)18-12-13-19(29-18)30(26,27)23-14-8-7-11-17(23)15-22-20(24)16-9-5-3-2-4-6-10-16;;/h12-13,17H,2-11,14-15H2,1H3,(H,22,24);2*1H2. The average molecular weight is 468 g/mol. The van der Waals surface area contributed by atoms with E-state index in [1.165, 1.54) is 30.0 Å². The minimum Gasteiger partial charge on any atom is -0.463 e. The second-order valence-corrected chi connectivity index (χ2v) is 9.78.